The summed E-state index contributed by atoms with van der Waals surface area (Å²) in [6.07, 6.45) is 8.72. The standard InChI is InChI=1S/C18H25NO/c1-3-10-17-15(2)16-11-6-7-12-18(16)19(17)13-8-4-5-9-14-20/h3,6-7,10-12,20H,4-5,8-9,13-14H2,1-2H3/b10-3-. The zero-order valence-electron chi connectivity index (χ0n) is 12.6. The lowest BCUT2D eigenvalue weighted by molar-refractivity contribution is 0.282. The first-order chi connectivity index (χ1) is 9.79. The Kier molecular flexibility index (Phi) is 5.42. The Labute approximate surface area is 121 Å². The first kappa shape index (κ1) is 14.9. The summed E-state index contributed by atoms with van der Waals surface area (Å²) in [6.45, 7) is 5.65. The number of nitrogens with zero attached hydrogens (tertiary/aromatic N) is 1. The van der Waals surface area contributed by atoms with E-state index in [9.17, 15) is 0 Å². The molecule has 1 N–H and O–H groups in total. The molecule has 0 saturated heterocycles. The minimum atomic E-state index is 0.315. The first-order valence-electron chi connectivity index (χ1n) is 7.61. The Bertz CT molecular complexity index is 580. The molecule has 1 aromatic carbocycles. The molecule has 0 aliphatic carbocycles. The van der Waals surface area contributed by atoms with E-state index in [2.05, 4.69) is 54.8 Å². The quantitative estimate of drug-likeness (QED) is 0.735. The highest BCUT2D eigenvalue weighted by Gasteiger charge is 2.10. The van der Waals surface area contributed by atoms with Crippen molar-refractivity contribution in [2.45, 2.75) is 46.1 Å². The number of fused-ring (bicyclic) bond motifs is 1. The van der Waals surface area contributed by atoms with Crippen LogP contribution >= 0.6 is 0 Å². The Balaban J connectivity index is 2.23. The molecule has 0 bridgehead atoms. The summed E-state index contributed by atoms with van der Waals surface area (Å²) in [5.41, 5.74) is 4.03. The number of benzene rings is 1. The highest BCUT2D eigenvalue weighted by Crippen LogP contribution is 2.27. The Morgan fingerprint density at radius 2 is 1.85 bits per heavy atom. The van der Waals surface area contributed by atoms with E-state index in [4.69, 9.17) is 5.11 Å². The second-order valence-electron chi connectivity index (χ2n) is 5.32. The maximum Gasteiger partial charge on any atom is 0.0487 e. The molecule has 0 radical (unpaired) electrons. The molecule has 0 amide bonds. The van der Waals surface area contributed by atoms with Gasteiger partial charge in [0, 0.05) is 29.7 Å². The van der Waals surface area contributed by atoms with Crippen LogP contribution in [0.15, 0.2) is 30.3 Å². The van der Waals surface area contributed by atoms with Gasteiger partial charge in [-0.3, -0.25) is 0 Å². The molecular formula is C18H25NO. The summed E-state index contributed by atoms with van der Waals surface area (Å²) in [6, 6.07) is 8.65. The maximum atomic E-state index is 8.83. The highest BCUT2D eigenvalue weighted by molar-refractivity contribution is 5.87. The van der Waals surface area contributed by atoms with Gasteiger partial charge in [0.15, 0.2) is 0 Å². The van der Waals surface area contributed by atoms with E-state index in [1.807, 2.05) is 0 Å². The number of aliphatic hydroxyl groups excluding tert-OH is 1. The molecule has 0 saturated carbocycles. The van der Waals surface area contributed by atoms with E-state index < -0.39 is 0 Å². The van der Waals surface area contributed by atoms with Crippen LogP contribution in [0.2, 0.25) is 0 Å². The molecule has 1 aromatic heterocycles. The summed E-state index contributed by atoms with van der Waals surface area (Å²) >= 11 is 0. The van der Waals surface area contributed by atoms with Gasteiger partial charge in [0.1, 0.15) is 0 Å². The maximum absolute atomic E-state index is 8.83. The molecule has 2 nitrogen and oxygen atoms in total. The zero-order valence-corrected chi connectivity index (χ0v) is 12.6. The van der Waals surface area contributed by atoms with Gasteiger partial charge in [-0.2, -0.15) is 0 Å². The number of rotatable bonds is 7. The van der Waals surface area contributed by atoms with Crippen LogP contribution in [-0.2, 0) is 6.54 Å². The topological polar surface area (TPSA) is 25.2 Å². The lowest BCUT2D eigenvalue weighted by atomic mass is 10.1. The van der Waals surface area contributed by atoms with Crippen LogP contribution in [-0.4, -0.2) is 16.3 Å². The Morgan fingerprint density at radius 1 is 1.10 bits per heavy atom. The van der Waals surface area contributed by atoms with Gasteiger partial charge in [-0.15, -0.1) is 0 Å². The summed E-state index contributed by atoms with van der Waals surface area (Å²) < 4.78 is 2.43. The second-order valence-corrected chi connectivity index (χ2v) is 5.32. The van der Waals surface area contributed by atoms with Crippen LogP contribution in [0.1, 0.15) is 43.9 Å². The predicted octanol–water partition coefficient (Wildman–Crippen LogP) is 4.54. The number of allylic oxidation sites excluding steroid dienone is 1. The minimum Gasteiger partial charge on any atom is -0.396 e. The summed E-state index contributed by atoms with van der Waals surface area (Å²) in [5, 5.41) is 10.2. The first-order valence-corrected chi connectivity index (χ1v) is 7.61. The monoisotopic (exact) mass is 271 g/mol. The van der Waals surface area contributed by atoms with Crippen LogP contribution in [0.5, 0.6) is 0 Å². The second kappa shape index (κ2) is 7.30. The summed E-state index contributed by atoms with van der Waals surface area (Å²) in [5.74, 6) is 0. The van der Waals surface area contributed by atoms with Crippen molar-refractivity contribution in [3.63, 3.8) is 0 Å². The Morgan fingerprint density at radius 3 is 2.60 bits per heavy atom. The van der Waals surface area contributed by atoms with Gasteiger partial charge < -0.3 is 9.67 Å². The van der Waals surface area contributed by atoms with E-state index in [-0.39, 0.29) is 0 Å². The molecule has 2 rings (SSSR count). The SMILES string of the molecule is C/C=C\c1c(C)c2ccccc2n1CCCCCCO. The molecule has 0 aliphatic heterocycles. The van der Waals surface area contributed by atoms with E-state index in [0.717, 1.165) is 19.4 Å². The number of aromatic nitrogens is 1. The fourth-order valence-corrected chi connectivity index (χ4v) is 2.85. The van der Waals surface area contributed by atoms with Crippen LogP contribution in [0, 0.1) is 6.92 Å². The van der Waals surface area contributed by atoms with Crippen LogP contribution in [0.3, 0.4) is 0 Å². The summed E-state index contributed by atoms with van der Waals surface area (Å²) in [7, 11) is 0. The van der Waals surface area contributed by atoms with Gasteiger partial charge in [0.05, 0.1) is 0 Å². The van der Waals surface area contributed by atoms with Gasteiger partial charge in [0.25, 0.3) is 0 Å². The van der Waals surface area contributed by atoms with E-state index in [1.54, 1.807) is 0 Å². The molecule has 0 unspecified atom stereocenters. The van der Waals surface area contributed by atoms with Crippen LogP contribution in [0.25, 0.3) is 17.0 Å². The Hall–Kier alpha value is -1.54. The van der Waals surface area contributed by atoms with E-state index >= 15 is 0 Å². The van der Waals surface area contributed by atoms with Crippen molar-refractivity contribution < 1.29 is 5.11 Å². The van der Waals surface area contributed by atoms with Crippen molar-refractivity contribution in [1.29, 1.82) is 0 Å². The van der Waals surface area contributed by atoms with Crippen LogP contribution in [0.4, 0.5) is 0 Å². The number of aliphatic hydroxyl groups is 1. The number of hydrogen-bond acceptors (Lipinski definition) is 1. The molecule has 0 spiro atoms. The molecule has 2 aromatic rings. The third-order valence-electron chi connectivity index (χ3n) is 3.89. The fourth-order valence-electron chi connectivity index (χ4n) is 2.85. The van der Waals surface area contributed by atoms with Crippen molar-refractivity contribution in [2.75, 3.05) is 6.61 Å². The van der Waals surface area contributed by atoms with Gasteiger partial charge in [-0.05, 0) is 44.4 Å². The third kappa shape index (κ3) is 3.13. The molecule has 0 aliphatic rings. The number of aryl methyl sites for hydroxylation is 2. The molecule has 1 heterocycles. The number of para-hydroxylation sites is 1. The van der Waals surface area contributed by atoms with Crippen molar-refractivity contribution in [3.8, 4) is 0 Å². The molecule has 0 atom stereocenters. The predicted molar refractivity (Wildman–Crippen MR) is 86.9 cm³/mol. The highest BCUT2D eigenvalue weighted by atomic mass is 16.2. The van der Waals surface area contributed by atoms with Crippen molar-refractivity contribution >= 4 is 17.0 Å². The zero-order chi connectivity index (χ0) is 14.4. The molecule has 2 heteroatoms. The molecule has 0 fully saturated rings. The minimum absolute atomic E-state index is 0.315. The van der Waals surface area contributed by atoms with Gasteiger partial charge in [0.2, 0.25) is 0 Å². The normalized spacial score (nSPS) is 11.8. The van der Waals surface area contributed by atoms with Gasteiger partial charge in [-0.25, -0.2) is 0 Å². The molecule has 20 heavy (non-hydrogen) atoms. The summed E-state index contributed by atoms with van der Waals surface area (Å²) in [4.78, 5) is 0. The average molecular weight is 271 g/mol. The van der Waals surface area contributed by atoms with E-state index in [0.29, 0.717) is 6.61 Å². The largest absolute Gasteiger partial charge is 0.396 e. The third-order valence-corrected chi connectivity index (χ3v) is 3.89. The molecule has 108 valence electrons. The number of hydrogen-bond donors (Lipinski definition) is 1. The van der Waals surface area contributed by atoms with Gasteiger partial charge in [-0.1, -0.05) is 37.1 Å². The van der Waals surface area contributed by atoms with Crippen molar-refractivity contribution in [2.24, 2.45) is 0 Å². The molecular weight excluding hydrogens is 246 g/mol. The van der Waals surface area contributed by atoms with Crippen molar-refractivity contribution in [3.05, 3.63) is 41.6 Å². The number of unbranched alkanes of at least 4 members (excludes halogenated alkanes) is 3. The smallest absolute Gasteiger partial charge is 0.0487 e. The average Bonchev–Trinajstić information content (AvgIpc) is 2.73. The lowest BCUT2D eigenvalue weighted by Crippen LogP contribution is -2.01. The van der Waals surface area contributed by atoms with E-state index in [1.165, 1.54) is 35.0 Å². The van der Waals surface area contributed by atoms with Gasteiger partial charge >= 0.3 is 0 Å². The van der Waals surface area contributed by atoms with Crippen molar-refractivity contribution in [1.82, 2.24) is 4.57 Å². The fraction of sp³-hybridized carbons (Fsp3) is 0.444. The lowest BCUT2D eigenvalue weighted by Gasteiger charge is -2.09. The van der Waals surface area contributed by atoms with Crippen LogP contribution < -0.4 is 0 Å².